The van der Waals surface area contributed by atoms with E-state index in [1.54, 1.807) is 0 Å². The van der Waals surface area contributed by atoms with Crippen LogP contribution < -0.4 is 14.2 Å². The van der Waals surface area contributed by atoms with Crippen LogP contribution in [0.2, 0.25) is 5.02 Å². The summed E-state index contributed by atoms with van der Waals surface area (Å²) < 4.78 is 75.2. The molecule has 14 heteroatoms. The highest BCUT2D eigenvalue weighted by atomic mass is 35.5. The third kappa shape index (κ3) is 4.54. The summed E-state index contributed by atoms with van der Waals surface area (Å²) in [7, 11) is -4.57. The average molecular weight is 494 g/mol. The molecule has 2 aromatic rings. The molecule has 32 heavy (non-hydrogen) atoms. The van der Waals surface area contributed by atoms with Gasteiger partial charge in [0.05, 0.1) is 24.5 Å². The molecule has 2 atom stereocenters. The summed E-state index contributed by atoms with van der Waals surface area (Å²) in [6.45, 7) is 0.118. The zero-order valence-electron chi connectivity index (χ0n) is 16.0. The molecule has 2 aliphatic heterocycles. The molecule has 3 heterocycles. The van der Waals surface area contributed by atoms with E-state index in [4.69, 9.17) is 16.3 Å². The molecule has 2 N–H and O–H groups in total. The van der Waals surface area contributed by atoms with Crippen molar-refractivity contribution in [3.63, 3.8) is 0 Å². The average Bonchev–Trinajstić information content (AvgIpc) is 2.85. The van der Waals surface area contributed by atoms with Crippen molar-refractivity contribution in [2.45, 2.75) is 36.4 Å². The van der Waals surface area contributed by atoms with Gasteiger partial charge in [0, 0.05) is 17.0 Å². The quantitative estimate of drug-likeness (QED) is 0.671. The Morgan fingerprint density at radius 2 is 2.06 bits per heavy atom. The summed E-state index contributed by atoms with van der Waals surface area (Å²) in [5.41, 5.74) is 0.268. The lowest BCUT2D eigenvalue weighted by Gasteiger charge is -2.20. The lowest BCUT2D eigenvalue weighted by atomic mass is 10.2. The first-order valence-electron chi connectivity index (χ1n) is 9.11. The number of aliphatic hydroxyl groups excluding tert-OH is 1. The number of aromatic nitrogens is 1. The number of sulfonamides is 1. The number of halogens is 4. The normalized spacial score (nSPS) is 20.8. The molecule has 0 aliphatic carbocycles. The van der Waals surface area contributed by atoms with Gasteiger partial charge in [0.1, 0.15) is 23.4 Å². The molecule has 1 fully saturated rings. The number of rotatable bonds is 4. The van der Waals surface area contributed by atoms with Crippen molar-refractivity contribution in [2.75, 3.05) is 11.3 Å². The van der Waals surface area contributed by atoms with E-state index in [0.717, 1.165) is 24.4 Å². The van der Waals surface area contributed by atoms with Crippen LogP contribution in [-0.2, 0) is 21.4 Å². The highest BCUT2D eigenvalue weighted by Crippen LogP contribution is 2.34. The number of benzene rings is 1. The lowest BCUT2D eigenvalue weighted by molar-refractivity contribution is -0.275. The van der Waals surface area contributed by atoms with Crippen molar-refractivity contribution in [1.29, 1.82) is 0 Å². The van der Waals surface area contributed by atoms with E-state index in [0.29, 0.717) is 5.56 Å². The number of anilines is 1. The molecule has 0 unspecified atom stereocenters. The molecule has 2 aliphatic rings. The topological polar surface area (TPSA) is 118 Å². The van der Waals surface area contributed by atoms with Crippen LogP contribution in [0.3, 0.4) is 0 Å². The molecule has 1 aromatic heterocycles. The van der Waals surface area contributed by atoms with Gasteiger partial charge in [0.15, 0.2) is 0 Å². The van der Waals surface area contributed by atoms with E-state index in [1.165, 1.54) is 11.0 Å². The number of nitrogens with zero attached hydrogens (tertiary/aromatic N) is 2. The predicted octanol–water partition coefficient (Wildman–Crippen LogP) is 2.29. The van der Waals surface area contributed by atoms with E-state index in [2.05, 4.69) is 14.4 Å². The van der Waals surface area contributed by atoms with Crippen LogP contribution in [0.4, 0.5) is 18.9 Å². The second kappa shape index (κ2) is 7.98. The molecule has 0 spiro atoms. The Morgan fingerprint density at radius 1 is 1.31 bits per heavy atom. The highest BCUT2D eigenvalue weighted by Gasteiger charge is 2.41. The van der Waals surface area contributed by atoms with Crippen molar-refractivity contribution >= 4 is 33.2 Å². The van der Waals surface area contributed by atoms with Crippen LogP contribution >= 0.6 is 11.6 Å². The van der Waals surface area contributed by atoms with E-state index in [1.807, 2.05) is 0 Å². The molecule has 1 aromatic carbocycles. The molecule has 172 valence electrons. The van der Waals surface area contributed by atoms with Crippen molar-refractivity contribution in [2.24, 2.45) is 0 Å². The van der Waals surface area contributed by atoms with Gasteiger partial charge >= 0.3 is 6.36 Å². The fourth-order valence-electron chi connectivity index (χ4n) is 3.49. The monoisotopic (exact) mass is 493 g/mol. The molecule has 0 bridgehead atoms. The molecular weight excluding hydrogens is 479 g/mol. The van der Waals surface area contributed by atoms with Crippen LogP contribution in [0.25, 0.3) is 0 Å². The third-order valence-corrected chi connectivity index (χ3v) is 6.49. The van der Waals surface area contributed by atoms with Gasteiger partial charge in [-0.15, -0.1) is 13.2 Å². The maximum atomic E-state index is 12.8. The first-order valence-corrected chi connectivity index (χ1v) is 11.0. The van der Waals surface area contributed by atoms with Crippen molar-refractivity contribution < 1.29 is 41.0 Å². The van der Waals surface area contributed by atoms with Crippen LogP contribution in [0.15, 0.2) is 35.4 Å². The maximum absolute atomic E-state index is 12.8. The number of nitrogens with one attached hydrogen (secondary N) is 1. The number of carbonyl (C=O) groups is 1. The van der Waals surface area contributed by atoms with Crippen LogP contribution in [0.5, 0.6) is 11.6 Å². The van der Waals surface area contributed by atoms with Gasteiger partial charge in [-0.1, -0.05) is 11.6 Å². The first-order chi connectivity index (χ1) is 14.9. The number of ether oxygens (including phenoxy) is 2. The molecule has 1 saturated heterocycles. The Balaban J connectivity index is 1.63. The minimum atomic E-state index is -5.12. The van der Waals surface area contributed by atoms with E-state index >= 15 is 0 Å². The van der Waals surface area contributed by atoms with Crippen LogP contribution in [0, 0.1) is 0 Å². The molecule has 1 amide bonds. The van der Waals surface area contributed by atoms with Gasteiger partial charge < -0.3 is 19.5 Å². The molecular formula is C18H15ClF3N3O6S. The van der Waals surface area contributed by atoms with Crippen molar-refractivity contribution in [3.8, 4) is 11.6 Å². The van der Waals surface area contributed by atoms with Crippen LogP contribution in [0.1, 0.15) is 12.0 Å². The summed E-state index contributed by atoms with van der Waals surface area (Å²) >= 11 is 5.77. The number of aliphatic hydroxyl groups is 1. The standard InChI is InChI=1S/C18H15ClF3N3O6S/c19-10-1-2-14(31-18(20,21)22)15(4-10)32(28,29)24-11-3-9-7-25-12(5-13(26)17(25)27)8-30-16(9)23-6-11/h1-4,6,12-13,24,26H,5,7-8H2/t12-,13-/m0/s1. The van der Waals surface area contributed by atoms with Crippen molar-refractivity contribution in [1.82, 2.24) is 9.88 Å². The third-order valence-electron chi connectivity index (χ3n) is 4.86. The van der Waals surface area contributed by atoms with Crippen molar-refractivity contribution in [3.05, 3.63) is 41.0 Å². The minimum absolute atomic E-state index is 0.0120. The number of fused-ring (bicyclic) bond motifs is 2. The Morgan fingerprint density at radius 3 is 2.78 bits per heavy atom. The van der Waals surface area contributed by atoms with Gasteiger partial charge in [0.25, 0.3) is 15.9 Å². The Bertz CT molecular complexity index is 1180. The molecule has 9 nitrogen and oxygen atoms in total. The summed E-state index contributed by atoms with van der Waals surface area (Å²) in [5.74, 6) is -1.27. The zero-order valence-corrected chi connectivity index (χ0v) is 17.5. The second-order valence-electron chi connectivity index (χ2n) is 7.12. The Kier molecular flexibility index (Phi) is 5.59. The number of alkyl halides is 3. The van der Waals surface area contributed by atoms with Gasteiger partial charge in [-0.05, 0) is 24.3 Å². The maximum Gasteiger partial charge on any atom is 0.573 e. The van der Waals surface area contributed by atoms with Gasteiger partial charge in [-0.25, -0.2) is 13.4 Å². The number of hydrogen-bond donors (Lipinski definition) is 2. The smallest absolute Gasteiger partial charge is 0.475 e. The van der Waals surface area contributed by atoms with Crippen LogP contribution in [-0.4, -0.2) is 54.4 Å². The summed E-state index contributed by atoms with van der Waals surface area (Å²) in [4.78, 5) is 16.8. The SMILES string of the molecule is O=C1[C@@H](O)C[C@H]2COc3ncc(NS(=O)(=O)c4cc(Cl)ccc4OC(F)(F)F)cc3CN12. The summed E-state index contributed by atoms with van der Waals surface area (Å²) in [6, 6.07) is 3.65. The van der Waals surface area contributed by atoms with Gasteiger partial charge in [-0.3, -0.25) is 9.52 Å². The zero-order chi connectivity index (χ0) is 23.3. The molecule has 4 rings (SSSR count). The van der Waals surface area contributed by atoms with E-state index < -0.39 is 39.0 Å². The molecule has 0 saturated carbocycles. The number of amides is 1. The van der Waals surface area contributed by atoms with Gasteiger partial charge in [0.2, 0.25) is 5.88 Å². The fraction of sp³-hybridized carbons (Fsp3) is 0.333. The largest absolute Gasteiger partial charge is 0.573 e. The summed E-state index contributed by atoms with van der Waals surface area (Å²) in [5, 5.41) is 9.65. The summed E-state index contributed by atoms with van der Waals surface area (Å²) in [6.07, 6.45) is -4.94. The molecule has 0 radical (unpaired) electrons. The first kappa shape index (κ1) is 22.4. The predicted molar refractivity (Wildman–Crippen MR) is 104 cm³/mol. The highest BCUT2D eigenvalue weighted by molar-refractivity contribution is 7.92. The lowest BCUT2D eigenvalue weighted by Crippen LogP contribution is -2.35. The fourth-order valence-corrected chi connectivity index (χ4v) is 4.91. The Labute approximate surface area is 184 Å². The Hall–Kier alpha value is -2.77. The van der Waals surface area contributed by atoms with Gasteiger partial charge in [-0.2, -0.15) is 0 Å². The van der Waals surface area contributed by atoms with E-state index in [-0.39, 0.29) is 42.2 Å². The minimum Gasteiger partial charge on any atom is -0.475 e. The number of pyridine rings is 1. The second-order valence-corrected chi connectivity index (χ2v) is 9.20. The van der Waals surface area contributed by atoms with E-state index in [9.17, 15) is 31.5 Å². The number of hydrogen-bond acceptors (Lipinski definition) is 7. The number of carbonyl (C=O) groups excluding carboxylic acids is 1.